The zero-order valence-corrected chi connectivity index (χ0v) is 12.8. The van der Waals surface area contributed by atoms with Gasteiger partial charge in [0.15, 0.2) is 0 Å². The van der Waals surface area contributed by atoms with Gasteiger partial charge in [-0.3, -0.25) is 4.79 Å². The number of rotatable bonds is 8. The van der Waals surface area contributed by atoms with Gasteiger partial charge in [-0.2, -0.15) is 11.8 Å². The van der Waals surface area contributed by atoms with E-state index in [4.69, 9.17) is 5.73 Å². The number of carbonyl (C=O) groups is 1. The molecule has 0 saturated carbocycles. The number of carbonyl (C=O) groups excluding carboxylic acids is 1. The molecule has 0 heterocycles. The Morgan fingerprint density at radius 1 is 1.26 bits per heavy atom. The monoisotopic (exact) mass is 280 g/mol. The first kappa shape index (κ1) is 16.1. The van der Waals surface area contributed by atoms with Crippen LogP contribution in [0.1, 0.15) is 42.6 Å². The van der Waals surface area contributed by atoms with Crippen molar-refractivity contribution in [2.75, 3.05) is 12.8 Å². The van der Waals surface area contributed by atoms with E-state index in [1.807, 2.05) is 23.9 Å². The van der Waals surface area contributed by atoms with Crippen molar-refractivity contribution >= 4 is 17.7 Å². The van der Waals surface area contributed by atoms with Crippen molar-refractivity contribution < 1.29 is 4.79 Å². The number of nitrogens with one attached hydrogen (secondary N) is 1. The molecule has 3 nitrogen and oxygen atoms in total. The van der Waals surface area contributed by atoms with Crippen LogP contribution in [0.25, 0.3) is 0 Å². The second kappa shape index (κ2) is 7.56. The third-order valence-electron chi connectivity index (χ3n) is 3.74. The highest BCUT2D eigenvalue weighted by atomic mass is 32.2. The lowest BCUT2D eigenvalue weighted by atomic mass is 10.0. The molecule has 0 aliphatic rings. The smallest absolute Gasteiger partial charge is 0.248 e. The fourth-order valence-corrected chi connectivity index (χ4v) is 2.91. The maximum absolute atomic E-state index is 11.0. The first-order valence-corrected chi connectivity index (χ1v) is 7.94. The molecule has 0 aromatic heterocycles. The first-order chi connectivity index (χ1) is 9.06. The summed E-state index contributed by atoms with van der Waals surface area (Å²) in [4.78, 5) is 11.0. The summed E-state index contributed by atoms with van der Waals surface area (Å²) in [5.41, 5.74) is 6.95. The summed E-state index contributed by atoms with van der Waals surface area (Å²) in [6.45, 7) is 6.30. The average molecular weight is 280 g/mol. The number of thioether (sulfide) groups is 1. The van der Waals surface area contributed by atoms with Gasteiger partial charge in [0, 0.05) is 23.4 Å². The summed E-state index contributed by atoms with van der Waals surface area (Å²) >= 11 is 1.94. The van der Waals surface area contributed by atoms with E-state index in [-0.39, 0.29) is 5.91 Å². The molecule has 0 aliphatic carbocycles. The van der Waals surface area contributed by atoms with Crippen LogP contribution in [0, 0.1) is 0 Å². The summed E-state index contributed by atoms with van der Waals surface area (Å²) in [7, 11) is 0. The van der Waals surface area contributed by atoms with Crippen LogP contribution in [-0.2, 0) is 6.54 Å². The van der Waals surface area contributed by atoms with Gasteiger partial charge < -0.3 is 11.1 Å². The third-order valence-corrected chi connectivity index (χ3v) is 5.32. The average Bonchev–Trinajstić information content (AvgIpc) is 2.45. The van der Waals surface area contributed by atoms with Crippen LogP contribution >= 0.6 is 11.8 Å². The molecular formula is C15H24N2OS. The second-order valence-electron chi connectivity index (χ2n) is 4.76. The first-order valence-electron chi connectivity index (χ1n) is 6.71. The van der Waals surface area contributed by atoms with Crippen molar-refractivity contribution in [1.29, 1.82) is 0 Å². The Labute approximate surface area is 120 Å². The Balaban J connectivity index is 2.51. The lowest BCUT2D eigenvalue weighted by Gasteiger charge is -2.30. The quantitative estimate of drug-likeness (QED) is 0.770. The minimum Gasteiger partial charge on any atom is -0.366 e. The van der Waals surface area contributed by atoms with E-state index < -0.39 is 0 Å². The molecule has 1 aromatic rings. The zero-order chi connectivity index (χ0) is 14.3. The highest BCUT2D eigenvalue weighted by Crippen LogP contribution is 2.29. The van der Waals surface area contributed by atoms with E-state index in [9.17, 15) is 4.79 Å². The SMILES string of the molecule is CCC(CC)(CNCc1ccc(C(N)=O)cc1)SC. The predicted octanol–water partition coefficient (Wildman–Crippen LogP) is 2.80. The van der Waals surface area contributed by atoms with Gasteiger partial charge in [-0.1, -0.05) is 26.0 Å². The van der Waals surface area contributed by atoms with Gasteiger partial charge in [-0.25, -0.2) is 0 Å². The molecule has 3 N–H and O–H groups in total. The number of amides is 1. The lowest BCUT2D eigenvalue weighted by Crippen LogP contribution is -2.36. The van der Waals surface area contributed by atoms with Crippen molar-refractivity contribution in [2.45, 2.75) is 38.0 Å². The van der Waals surface area contributed by atoms with Gasteiger partial charge in [0.25, 0.3) is 0 Å². The maximum atomic E-state index is 11.0. The molecule has 0 bridgehead atoms. The molecule has 0 aliphatic heterocycles. The fourth-order valence-electron chi connectivity index (χ4n) is 2.08. The molecular weight excluding hydrogens is 256 g/mol. The molecule has 0 saturated heterocycles. The largest absolute Gasteiger partial charge is 0.366 e. The minimum atomic E-state index is -0.377. The lowest BCUT2D eigenvalue weighted by molar-refractivity contribution is 0.100. The molecule has 106 valence electrons. The summed E-state index contributed by atoms with van der Waals surface area (Å²) in [6.07, 6.45) is 4.51. The van der Waals surface area contributed by atoms with Crippen LogP contribution in [0.15, 0.2) is 24.3 Å². The van der Waals surface area contributed by atoms with Crippen molar-refractivity contribution in [2.24, 2.45) is 5.73 Å². The van der Waals surface area contributed by atoms with Gasteiger partial charge in [-0.05, 0) is 36.8 Å². The highest BCUT2D eigenvalue weighted by molar-refractivity contribution is 8.00. The third kappa shape index (κ3) is 4.55. The van der Waals surface area contributed by atoms with Crippen LogP contribution < -0.4 is 11.1 Å². The Morgan fingerprint density at radius 2 is 1.84 bits per heavy atom. The molecule has 1 amide bonds. The molecule has 0 atom stereocenters. The van der Waals surface area contributed by atoms with Gasteiger partial charge in [0.1, 0.15) is 0 Å². The van der Waals surface area contributed by atoms with E-state index in [2.05, 4.69) is 25.4 Å². The zero-order valence-electron chi connectivity index (χ0n) is 12.0. The number of hydrogen-bond acceptors (Lipinski definition) is 3. The van der Waals surface area contributed by atoms with Gasteiger partial charge in [0.05, 0.1) is 0 Å². The molecule has 0 unspecified atom stereocenters. The molecule has 0 spiro atoms. The molecule has 1 aromatic carbocycles. The van der Waals surface area contributed by atoms with Gasteiger partial charge in [-0.15, -0.1) is 0 Å². The molecule has 0 radical (unpaired) electrons. The van der Waals surface area contributed by atoms with Crippen molar-refractivity contribution in [3.8, 4) is 0 Å². The summed E-state index contributed by atoms with van der Waals surface area (Å²) < 4.78 is 0.327. The van der Waals surface area contributed by atoms with Gasteiger partial charge >= 0.3 is 0 Å². The highest BCUT2D eigenvalue weighted by Gasteiger charge is 2.23. The summed E-state index contributed by atoms with van der Waals surface area (Å²) in [5.74, 6) is -0.377. The van der Waals surface area contributed by atoms with Crippen LogP contribution in [-0.4, -0.2) is 23.5 Å². The summed E-state index contributed by atoms with van der Waals surface area (Å²) in [5, 5.41) is 3.51. The number of primary amides is 1. The van der Waals surface area contributed by atoms with Crippen LogP contribution in [0.4, 0.5) is 0 Å². The van der Waals surface area contributed by atoms with E-state index in [0.29, 0.717) is 10.3 Å². The fraction of sp³-hybridized carbons (Fsp3) is 0.533. The Morgan fingerprint density at radius 3 is 2.26 bits per heavy atom. The Hall–Kier alpha value is -1.00. The van der Waals surface area contributed by atoms with Gasteiger partial charge in [0.2, 0.25) is 5.91 Å². The number of benzene rings is 1. The molecule has 1 rings (SSSR count). The Kier molecular flexibility index (Phi) is 6.38. The topological polar surface area (TPSA) is 55.1 Å². The standard InChI is InChI=1S/C15H24N2OS/c1-4-15(5-2,19-3)11-17-10-12-6-8-13(9-7-12)14(16)18/h6-9,17H,4-5,10-11H2,1-3H3,(H2,16,18). The Bertz CT molecular complexity index is 391. The van der Waals surface area contributed by atoms with Crippen LogP contribution in [0.3, 0.4) is 0 Å². The van der Waals surface area contributed by atoms with Crippen molar-refractivity contribution in [3.05, 3.63) is 35.4 Å². The van der Waals surface area contributed by atoms with Crippen LogP contribution in [0.5, 0.6) is 0 Å². The predicted molar refractivity (Wildman–Crippen MR) is 83.5 cm³/mol. The summed E-state index contributed by atoms with van der Waals surface area (Å²) in [6, 6.07) is 7.46. The van der Waals surface area contributed by atoms with E-state index >= 15 is 0 Å². The van der Waals surface area contributed by atoms with Crippen LogP contribution in [0.2, 0.25) is 0 Å². The van der Waals surface area contributed by atoms with Crippen molar-refractivity contribution in [1.82, 2.24) is 5.32 Å². The van der Waals surface area contributed by atoms with E-state index in [1.54, 1.807) is 12.1 Å². The molecule has 0 fully saturated rings. The molecule has 4 heteroatoms. The minimum absolute atomic E-state index is 0.327. The normalized spacial score (nSPS) is 11.5. The maximum Gasteiger partial charge on any atom is 0.248 e. The van der Waals surface area contributed by atoms with Crippen molar-refractivity contribution in [3.63, 3.8) is 0 Å². The van der Waals surface area contributed by atoms with E-state index in [0.717, 1.165) is 25.9 Å². The molecule has 19 heavy (non-hydrogen) atoms. The number of hydrogen-bond donors (Lipinski definition) is 2. The second-order valence-corrected chi connectivity index (χ2v) is 6.03. The number of nitrogens with two attached hydrogens (primary N) is 1. The van der Waals surface area contributed by atoms with E-state index in [1.165, 1.54) is 5.56 Å².